The third-order valence-electron chi connectivity index (χ3n) is 5.46. The molecule has 4 nitrogen and oxygen atoms in total. The number of rotatable bonds is 4. The average Bonchev–Trinajstić information content (AvgIpc) is 3.11. The summed E-state index contributed by atoms with van der Waals surface area (Å²) in [5.41, 5.74) is 6.63. The number of nitrogens with one attached hydrogen (secondary N) is 1. The molecule has 1 atom stereocenters. The van der Waals surface area contributed by atoms with Crippen LogP contribution < -0.4 is 5.32 Å². The molecule has 0 radical (unpaired) electrons. The van der Waals surface area contributed by atoms with Crippen molar-refractivity contribution in [2.75, 3.05) is 0 Å². The van der Waals surface area contributed by atoms with Crippen LogP contribution in [0.1, 0.15) is 62.0 Å². The largest absolute Gasteiger partial charge is 0.306 e. The molecule has 4 heteroatoms. The number of aromatic nitrogens is 3. The topological polar surface area (TPSA) is 42.7 Å². The molecule has 0 aliphatic heterocycles. The zero-order chi connectivity index (χ0) is 18.9. The first-order chi connectivity index (χ1) is 13.0. The van der Waals surface area contributed by atoms with Crippen LogP contribution in [0.4, 0.5) is 0 Å². The quantitative estimate of drug-likeness (QED) is 0.731. The molecule has 1 aliphatic carbocycles. The van der Waals surface area contributed by atoms with Gasteiger partial charge in [0.1, 0.15) is 0 Å². The lowest BCUT2D eigenvalue weighted by molar-refractivity contribution is 0.454. The van der Waals surface area contributed by atoms with Crippen LogP contribution >= 0.6 is 0 Å². The summed E-state index contributed by atoms with van der Waals surface area (Å²) in [5.74, 6) is 0. The van der Waals surface area contributed by atoms with Gasteiger partial charge < -0.3 is 5.32 Å². The highest BCUT2D eigenvalue weighted by Gasteiger charge is 2.24. The zero-order valence-electron chi connectivity index (χ0n) is 16.4. The van der Waals surface area contributed by atoms with Gasteiger partial charge in [0.25, 0.3) is 0 Å². The molecule has 3 aromatic rings. The van der Waals surface area contributed by atoms with Gasteiger partial charge in [-0.2, -0.15) is 5.10 Å². The van der Waals surface area contributed by atoms with Crippen molar-refractivity contribution in [3.05, 3.63) is 77.4 Å². The maximum Gasteiger partial charge on any atom is 0.0649 e. The molecule has 0 amide bonds. The van der Waals surface area contributed by atoms with Crippen molar-refractivity contribution in [2.24, 2.45) is 0 Å². The standard InChI is InChI=1S/C23H28N4/c1-23(2,3)18-7-9-19(10-8-18)27-22-6-4-5-21(20(22)16-26-27)25-15-17-11-13-24-14-12-17/h7-14,16,21,25H,4-6,15H2,1-3H3/t21-/m0/s1. The van der Waals surface area contributed by atoms with Crippen LogP contribution in [0.5, 0.6) is 0 Å². The molecule has 0 saturated heterocycles. The molecule has 0 bridgehead atoms. The van der Waals surface area contributed by atoms with Gasteiger partial charge in [0.2, 0.25) is 0 Å². The summed E-state index contributed by atoms with van der Waals surface area (Å²) in [4.78, 5) is 4.09. The van der Waals surface area contributed by atoms with Gasteiger partial charge in [-0.1, -0.05) is 32.9 Å². The molecule has 27 heavy (non-hydrogen) atoms. The van der Waals surface area contributed by atoms with E-state index in [2.05, 4.69) is 78.3 Å². The fourth-order valence-electron chi connectivity index (χ4n) is 3.84. The summed E-state index contributed by atoms with van der Waals surface area (Å²) in [5, 5.41) is 8.44. The molecule has 2 aromatic heterocycles. The highest BCUT2D eigenvalue weighted by molar-refractivity contribution is 5.40. The lowest BCUT2D eigenvalue weighted by Crippen LogP contribution is -2.25. The minimum Gasteiger partial charge on any atom is -0.306 e. The first kappa shape index (κ1) is 17.9. The van der Waals surface area contributed by atoms with Crippen LogP contribution in [0, 0.1) is 0 Å². The molecule has 1 N–H and O–H groups in total. The van der Waals surface area contributed by atoms with Crippen LogP contribution in [-0.4, -0.2) is 14.8 Å². The van der Waals surface area contributed by atoms with Crippen LogP contribution in [0.3, 0.4) is 0 Å². The van der Waals surface area contributed by atoms with Gasteiger partial charge in [-0.05, 0) is 60.1 Å². The molecule has 2 heterocycles. The van der Waals surface area contributed by atoms with E-state index in [1.54, 1.807) is 0 Å². The molecule has 0 spiro atoms. The number of hydrogen-bond acceptors (Lipinski definition) is 3. The second-order valence-corrected chi connectivity index (χ2v) is 8.44. The Hall–Kier alpha value is -2.46. The van der Waals surface area contributed by atoms with E-state index >= 15 is 0 Å². The van der Waals surface area contributed by atoms with Crippen LogP contribution in [0.25, 0.3) is 5.69 Å². The Morgan fingerprint density at radius 3 is 2.52 bits per heavy atom. The van der Waals surface area contributed by atoms with Gasteiger partial charge in [0, 0.05) is 36.2 Å². The summed E-state index contributed by atoms with van der Waals surface area (Å²) in [6.07, 6.45) is 9.19. The Morgan fingerprint density at radius 1 is 1.07 bits per heavy atom. The lowest BCUT2D eigenvalue weighted by atomic mass is 9.87. The van der Waals surface area contributed by atoms with E-state index in [0.29, 0.717) is 6.04 Å². The first-order valence-electron chi connectivity index (χ1n) is 9.82. The molecular weight excluding hydrogens is 332 g/mol. The second kappa shape index (κ2) is 7.28. The normalized spacial score (nSPS) is 16.9. The van der Waals surface area contributed by atoms with Gasteiger partial charge >= 0.3 is 0 Å². The van der Waals surface area contributed by atoms with Crippen molar-refractivity contribution in [1.29, 1.82) is 0 Å². The summed E-state index contributed by atoms with van der Waals surface area (Å²) < 4.78 is 2.13. The molecule has 1 aliphatic rings. The smallest absolute Gasteiger partial charge is 0.0649 e. The van der Waals surface area contributed by atoms with Gasteiger partial charge in [-0.15, -0.1) is 0 Å². The van der Waals surface area contributed by atoms with E-state index < -0.39 is 0 Å². The minimum atomic E-state index is 0.171. The van der Waals surface area contributed by atoms with Crippen molar-refractivity contribution in [3.63, 3.8) is 0 Å². The molecule has 1 aromatic carbocycles. The molecule has 140 valence electrons. The fourth-order valence-corrected chi connectivity index (χ4v) is 3.84. The lowest BCUT2D eigenvalue weighted by Gasteiger charge is -2.24. The van der Waals surface area contributed by atoms with Crippen molar-refractivity contribution in [2.45, 2.75) is 58.0 Å². The average molecular weight is 361 g/mol. The van der Waals surface area contributed by atoms with Crippen molar-refractivity contribution in [1.82, 2.24) is 20.1 Å². The monoisotopic (exact) mass is 360 g/mol. The maximum absolute atomic E-state index is 4.73. The second-order valence-electron chi connectivity index (χ2n) is 8.44. The highest BCUT2D eigenvalue weighted by Crippen LogP contribution is 2.32. The summed E-state index contributed by atoms with van der Waals surface area (Å²) in [6, 6.07) is 13.3. The van der Waals surface area contributed by atoms with E-state index in [1.165, 1.54) is 28.8 Å². The highest BCUT2D eigenvalue weighted by atomic mass is 15.3. The molecule has 0 fully saturated rings. The molecule has 4 rings (SSSR count). The third kappa shape index (κ3) is 3.81. The zero-order valence-corrected chi connectivity index (χ0v) is 16.4. The number of hydrogen-bond donors (Lipinski definition) is 1. The van der Waals surface area contributed by atoms with Crippen LogP contribution in [0.2, 0.25) is 0 Å². The van der Waals surface area contributed by atoms with Crippen LogP contribution in [-0.2, 0) is 18.4 Å². The minimum absolute atomic E-state index is 0.171. The van der Waals surface area contributed by atoms with Gasteiger partial charge in [0.15, 0.2) is 0 Å². The van der Waals surface area contributed by atoms with Gasteiger partial charge in [-0.3, -0.25) is 4.98 Å². The molecule has 0 unspecified atom stereocenters. The SMILES string of the molecule is CC(C)(C)c1ccc(-n2ncc3c2CCC[C@@H]3NCc2ccncc2)cc1. The number of pyridine rings is 1. The van der Waals surface area contributed by atoms with Crippen molar-refractivity contribution >= 4 is 0 Å². The Morgan fingerprint density at radius 2 is 1.81 bits per heavy atom. The van der Waals surface area contributed by atoms with Crippen molar-refractivity contribution < 1.29 is 0 Å². The third-order valence-corrected chi connectivity index (χ3v) is 5.46. The number of nitrogens with zero attached hydrogens (tertiary/aromatic N) is 3. The van der Waals surface area contributed by atoms with Crippen LogP contribution in [0.15, 0.2) is 55.0 Å². The molecular formula is C23H28N4. The van der Waals surface area contributed by atoms with Gasteiger partial charge in [-0.25, -0.2) is 4.68 Å². The first-order valence-corrected chi connectivity index (χ1v) is 9.82. The predicted octanol–water partition coefficient (Wildman–Crippen LogP) is 4.73. The summed E-state index contributed by atoms with van der Waals surface area (Å²) >= 11 is 0. The Labute approximate surface area is 161 Å². The summed E-state index contributed by atoms with van der Waals surface area (Å²) in [7, 11) is 0. The Balaban J connectivity index is 1.55. The number of benzene rings is 1. The number of fused-ring (bicyclic) bond motifs is 1. The van der Waals surface area contributed by atoms with Crippen molar-refractivity contribution in [3.8, 4) is 5.69 Å². The summed E-state index contributed by atoms with van der Waals surface area (Å²) in [6.45, 7) is 7.60. The predicted molar refractivity (Wildman–Crippen MR) is 109 cm³/mol. The maximum atomic E-state index is 4.73. The van der Waals surface area contributed by atoms with E-state index in [-0.39, 0.29) is 5.41 Å². The molecule has 0 saturated carbocycles. The van der Waals surface area contributed by atoms with E-state index in [1.807, 2.05) is 12.4 Å². The van der Waals surface area contributed by atoms with E-state index in [9.17, 15) is 0 Å². The Bertz CT molecular complexity index is 888. The van der Waals surface area contributed by atoms with E-state index in [0.717, 1.165) is 25.1 Å². The Kier molecular flexibility index (Phi) is 4.83. The van der Waals surface area contributed by atoms with Gasteiger partial charge in [0.05, 0.1) is 11.9 Å². The van der Waals surface area contributed by atoms with E-state index in [4.69, 9.17) is 5.10 Å². The fraction of sp³-hybridized carbons (Fsp3) is 0.391.